The molecule has 0 radical (unpaired) electrons. The van der Waals surface area contributed by atoms with E-state index >= 15 is 0 Å². The van der Waals surface area contributed by atoms with Gasteiger partial charge in [0.2, 0.25) is 0 Å². The lowest BCUT2D eigenvalue weighted by Gasteiger charge is -2.31. The van der Waals surface area contributed by atoms with Crippen molar-refractivity contribution in [2.24, 2.45) is 0 Å². The van der Waals surface area contributed by atoms with Crippen molar-refractivity contribution in [2.45, 2.75) is 26.4 Å². The normalized spacial score (nSPS) is 24.0. The maximum atomic E-state index is 4.20. The van der Waals surface area contributed by atoms with Crippen LogP contribution in [0.3, 0.4) is 0 Å². The van der Waals surface area contributed by atoms with Crippen LogP contribution in [-0.4, -0.2) is 40.5 Å². The fourth-order valence-electron chi connectivity index (χ4n) is 1.95. The van der Waals surface area contributed by atoms with Gasteiger partial charge in [-0.05, 0) is 13.8 Å². The molecule has 0 aliphatic carbocycles. The Morgan fingerprint density at radius 3 is 3.14 bits per heavy atom. The van der Waals surface area contributed by atoms with Gasteiger partial charge in [0.05, 0.1) is 0 Å². The lowest BCUT2D eigenvalue weighted by atomic mass is 10.2. The molecule has 4 nitrogen and oxygen atoms in total. The zero-order valence-corrected chi connectivity index (χ0v) is 8.88. The second-order valence-corrected chi connectivity index (χ2v) is 4.08. The summed E-state index contributed by atoms with van der Waals surface area (Å²) in [6.07, 6.45) is 1.93. The van der Waals surface area contributed by atoms with Crippen LogP contribution in [0.25, 0.3) is 0 Å². The molecule has 1 fully saturated rings. The Morgan fingerprint density at radius 1 is 1.64 bits per heavy atom. The zero-order chi connectivity index (χ0) is 9.97. The van der Waals surface area contributed by atoms with Gasteiger partial charge in [-0.2, -0.15) is 0 Å². The van der Waals surface area contributed by atoms with Crippen molar-refractivity contribution in [3.05, 3.63) is 17.7 Å². The second-order valence-electron chi connectivity index (χ2n) is 4.08. The van der Waals surface area contributed by atoms with Gasteiger partial charge in [0, 0.05) is 44.1 Å². The number of nitrogens with zero attached hydrogens (tertiary/aromatic N) is 2. The molecule has 0 saturated carbocycles. The first-order chi connectivity index (χ1) is 6.74. The second kappa shape index (κ2) is 4.11. The predicted molar refractivity (Wildman–Crippen MR) is 56.1 cm³/mol. The van der Waals surface area contributed by atoms with Crippen molar-refractivity contribution < 1.29 is 0 Å². The summed E-state index contributed by atoms with van der Waals surface area (Å²) in [5.74, 6) is 1.00. The topological polar surface area (TPSA) is 44.0 Å². The van der Waals surface area contributed by atoms with Gasteiger partial charge in [-0.3, -0.25) is 4.90 Å². The third-order valence-corrected chi connectivity index (χ3v) is 2.60. The molecule has 1 aliphatic heterocycles. The molecule has 0 aromatic carbocycles. The fraction of sp³-hybridized carbons (Fsp3) is 0.700. The number of aromatic nitrogens is 2. The summed E-state index contributed by atoms with van der Waals surface area (Å²) < 4.78 is 0. The molecule has 0 bridgehead atoms. The number of hydrogen-bond donors (Lipinski definition) is 2. The van der Waals surface area contributed by atoms with Crippen LogP contribution in [-0.2, 0) is 6.54 Å². The largest absolute Gasteiger partial charge is 0.345 e. The van der Waals surface area contributed by atoms with Crippen molar-refractivity contribution in [3.63, 3.8) is 0 Å². The molecular formula is C10H18N4. The number of H-pyrrole nitrogens is 1. The number of nitrogens with one attached hydrogen (secondary N) is 2. The van der Waals surface area contributed by atoms with E-state index in [2.05, 4.69) is 27.1 Å². The lowest BCUT2D eigenvalue weighted by Crippen LogP contribution is -2.48. The summed E-state index contributed by atoms with van der Waals surface area (Å²) in [6.45, 7) is 8.55. The van der Waals surface area contributed by atoms with Crippen LogP contribution in [0.4, 0.5) is 0 Å². The molecule has 1 saturated heterocycles. The molecule has 0 unspecified atom stereocenters. The molecule has 1 aromatic rings. The van der Waals surface area contributed by atoms with E-state index in [9.17, 15) is 0 Å². The zero-order valence-electron chi connectivity index (χ0n) is 8.88. The highest BCUT2D eigenvalue weighted by molar-refractivity contribution is 5.00. The number of aromatic amines is 1. The van der Waals surface area contributed by atoms with E-state index in [1.165, 1.54) is 5.69 Å². The Hall–Kier alpha value is -0.870. The van der Waals surface area contributed by atoms with Gasteiger partial charge in [0.25, 0.3) is 0 Å². The Labute approximate surface area is 84.7 Å². The van der Waals surface area contributed by atoms with Crippen molar-refractivity contribution in [3.8, 4) is 0 Å². The lowest BCUT2D eigenvalue weighted by molar-refractivity contribution is 0.198. The molecule has 1 aliphatic rings. The van der Waals surface area contributed by atoms with Crippen LogP contribution < -0.4 is 5.32 Å². The molecule has 2 rings (SSSR count). The highest BCUT2D eigenvalue weighted by atomic mass is 15.2. The predicted octanol–water partition coefficient (Wildman–Crippen LogP) is 0.512. The molecule has 1 aromatic heterocycles. The van der Waals surface area contributed by atoms with Gasteiger partial charge < -0.3 is 10.3 Å². The first-order valence-electron chi connectivity index (χ1n) is 5.20. The van der Waals surface area contributed by atoms with Crippen molar-refractivity contribution >= 4 is 0 Å². The summed E-state index contributed by atoms with van der Waals surface area (Å²) in [5, 5.41) is 3.44. The van der Waals surface area contributed by atoms with Gasteiger partial charge >= 0.3 is 0 Å². The molecular weight excluding hydrogens is 176 g/mol. The molecule has 4 heteroatoms. The first-order valence-corrected chi connectivity index (χ1v) is 5.20. The van der Waals surface area contributed by atoms with Crippen LogP contribution in [0, 0.1) is 6.92 Å². The number of piperazine rings is 1. The van der Waals surface area contributed by atoms with E-state index in [1.54, 1.807) is 0 Å². The molecule has 78 valence electrons. The van der Waals surface area contributed by atoms with E-state index in [0.717, 1.165) is 32.0 Å². The van der Waals surface area contributed by atoms with E-state index in [0.29, 0.717) is 6.04 Å². The van der Waals surface area contributed by atoms with Gasteiger partial charge in [-0.25, -0.2) is 4.98 Å². The molecule has 1 atom stereocenters. The number of aryl methyl sites for hydroxylation is 1. The average Bonchev–Trinajstić information content (AvgIpc) is 2.51. The molecule has 0 spiro atoms. The standard InChI is InChI=1S/C10H18N4/c1-8-6-14(4-3-11-8)7-10-5-12-9(2)13-10/h5,8,11H,3-4,6-7H2,1-2H3,(H,12,13)/t8-/m1/s1. The monoisotopic (exact) mass is 194 g/mol. The Bertz CT molecular complexity index is 294. The smallest absolute Gasteiger partial charge is 0.103 e. The summed E-state index contributed by atoms with van der Waals surface area (Å²) in [7, 11) is 0. The SMILES string of the molecule is Cc1ncc(CN2CCN[C@H](C)C2)[nH]1. The molecule has 2 heterocycles. The summed E-state index contributed by atoms with van der Waals surface area (Å²) in [6, 6.07) is 0.604. The summed E-state index contributed by atoms with van der Waals surface area (Å²) in [4.78, 5) is 9.92. The van der Waals surface area contributed by atoms with E-state index in [-0.39, 0.29) is 0 Å². The minimum Gasteiger partial charge on any atom is -0.345 e. The molecule has 2 N–H and O–H groups in total. The number of rotatable bonds is 2. The minimum absolute atomic E-state index is 0.604. The molecule has 14 heavy (non-hydrogen) atoms. The average molecular weight is 194 g/mol. The third-order valence-electron chi connectivity index (χ3n) is 2.60. The van der Waals surface area contributed by atoms with Crippen molar-refractivity contribution in [1.29, 1.82) is 0 Å². The maximum Gasteiger partial charge on any atom is 0.103 e. The van der Waals surface area contributed by atoms with Crippen LogP contribution >= 0.6 is 0 Å². The van der Waals surface area contributed by atoms with Crippen LogP contribution in [0.15, 0.2) is 6.20 Å². The highest BCUT2D eigenvalue weighted by Gasteiger charge is 2.15. The maximum absolute atomic E-state index is 4.20. The van der Waals surface area contributed by atoms with E-state index in [4.69, 9.17) is 0 Å². The Kier molecular flexibility index (Phi) is 2.84. The Balaban J connectivity index is 1.90. The number of hydrogen-bond acceptors (Lipinski definition) is 3. The minimum atomic E-state index is 0.604. The van der Waals surface area contributed by atoms with Crippen LogP contribution in [0.5, 0.6) is 0 Å². The van der Waals surface area contributed by atoms with Crippen LogP contribution in [0.1, 0.15) is 18.4 Å². The van der Waals surface area contributed by atoms with E-state index in [1.807, 2.05) is 13.1 Å². The summed E-state index contributed by atoms with van der Waals surface area (Å²) in [5.41, 5.74) is 1.22. The van der Waals surface area contributed by atoms with Gasteiger partial charge in [0.1, 0.15) is 5.82 Å². The van der Waals surface area contributed by atoms with Gasteiger partial charge in [0.15, 0.2) is 0 Å². The fourth-order valence-corrected chi connectivity index (χ4v) is 1.95. The van der Waals surface area contributed by atoms with Crippen molar-refractivity contribution in [1.82, 2.24) is 20.2 Å². The molecule has 0 amide bonds. The summed E-state index contributed by atoms with van der Waals surface area (Å²) >= 11 is 0. The quantitative estimate of drug-likeness (QED) is 0.721. The Morgan fingerprint density at radius 2 is 2.50 bits per heavy atom. The number of imidazole rings is 1. The first kappa shape index (κ1) is 9.68. The third kappa shape index (κ3) is 2.33. The highest BCUT2D eigenvalue weighted by Crippen LogP contribution is 2.05. The van der Waals surface area contributed by atoms with E-state index < -0.39 is 0 Å². The van der Waals surface area contributed by atoms with Gasteiger partial charge in [-0.1, -0.05) is 0 Å². The van der Waals surface area contributed by atoms with Gasteiger partial charge in [-0.15, -0.1) is 0 Å². The van der Waals surface area contributed by atoms with Crippen molar-refractivity contribution in [2.75, 3.05) is 19.6 Å². The van der Waals surface area contributed by atoms with Crippen LogP contribution in [0.2, 0.25) is 0 Å².